The molecule has 120 valence electrons. The zero-order valence-corrected chi connectivity index (χ0v) is 15.2. The van der Waals surface area contributed by atoms with Crippen LogP contribution in [0, 0.1) is 6.92 Å². The number of nitrogens with zero attached hydrogens (tertiary/aromatic N) is 3. The lowest BCUT2D eigenvalue weighted by atomic mass is 10.2. The van der Waals surface area contributed by atoms with Crippen molar-refractivity contribution >= 4 is 33.6 Å². The van der Waals surface area contributed by atoms with Crippen molar-refractivity contribution in [2.45, 2.75) is 12.3 Å². The third kappa shape index (κ3) is 3.35. The molecule has 0 spiro atoms. The van der Waals surface area contributed by atoms with Crippen molar-refractivity contribution in [3.8, 4) is 5.75 Å². The predicted molar refractivity (Wildman–Crippen MR) is 93.7 cm³/mol. The first-order valence-electron chi connectivity index (χ1n) is 7.15. The van der Waals surface area contributed by atoms with Crippen molar-refractivity contribution in [3.63, 3.8) is 0 Å². The van der Waals surface area contributed by atoms with Crippen LogP contribution >= 0.6 is 27.7 Å². The van der Waals surface area contributed by atoms with Crippen LogP contribution in [0.3, 0.4) is 0 Å². The lowest BCUT2D eigenvalue weighted by Crippen LogP contribution is -2.31. The number of carbonyl (C=O) groups excluding carboxylic acids is 1. The Hall–Kier alpha value is -1.60. The van der Waals surface area contributed by atoms with E-state index < -0.39 is 0 Å². The Balaban J connectivity index is 1.86. The molecule has 5 nitrogen and oxygen atoms in total. The second-order valence-corrected chi connectivity index (χ2v) is 7.20. The Labute approximate surface area is 147 Å². The molecule has 0 radical (unpaired) electrons. The van der Waals surface area contributed by atoms with E-state index in [0.29, 0.717) is 12.2 Å². The quantitative estimate of drug-likeness (QED) is 0.798. The Morgan fingerprint density at radius 2 is 2.22 bits per heavy atom. The number of hydrogen-bond acceptors (Lipinski definition) is 5. The van der Waals surface area contributed by atoms with Crippen LogP contribution in [-0.2, 0) is 0 Å². The largest absolute Gasteiger partial charge is 0.496 e. The van der Waals surface area contributed by atoms with E-state index >= 15 is 0 Å². The molecule has 0 saturated carbocycles. The fourth-order valence-electron chi connectivity index (χ4n) is 2.44. The summed E-state index contributed by atoms with van der Waals surface area (Å²) < 4.78 is 6.15. The Bertz CT molecular complexity index is 724. The van der Waals surface area contributed by atoms with Gasteiger partial charge in [0, 0.05) is 18.5 Å². The minimum Gasteiger partial charge on any atom is -0.496 e. The molecule has 1 aromatic carbocycles. The SMILES string of the molecule is COc1ccc(C2SCCN2C(=O)c2cnc(C)cn2)cc1Br. The first-order chi connectivity index (χ1) is 11.1. The fraction of sp³-hybridized carbons (Fsp3) is 0.312. The summed E-state index contributed by atoms with van der Waals surface area (Å²) in [6, 6.07) is 5.91. The van der Waals surface area contributed by atoms with Crippen LogP contribution in [0.15, 0.2) is 35.1 Å². The number of hydrogen-bond donors (Lipinski definition) is 0. The highest BCUT2D eigenvalue weighted by Gasteiger charge is 2.32. The monoisotopic (exact) mass is 393 g/mol. The summed E-state index contributed by atoms with van der Waals surface area (Å²) in [5, 5.41) is -0.0205. The number of amides is 1. The molecule has 0 N–H and O–H groups in total. The van der Waals surface area contributed by atoms with Gasteiger partial charge in [0.1, 0.15) is 16.8 Å². The van der Waals surface area contributed by atoms with E-state index in [1.165, 1.54) is 0 Å². The number of aryl methyl sites for hydroxylation is 1. The van der Waals surface area contributed by atoms with Crippen molar-refractivity contribution < 1.29 is 9.53 Å². The summed E-state index contributed by atoms with van der Waals surface area (Å²) in [5.41, 5.74) is 2.25. The van der Waals surface area contributed by atoms with Crippen LogP contribution in [0.4, 0.5) is 0 Å². The maximum absolute atomic E-state index is 12.7. The molecule has 1 aliphatic rings. The highest BCUT2D eigenvalue weighted by atomic mass is 79.9. The van der Waals surface area contributed by atoms with E-state index in [1.807, 2.05) is 30.0 Å². The van der Waals surface area contributed by atoms with Gasteiger partial charge in [-0.15, -0.1) is 11.8 Å². The number of methoxy groups -OCH3 is 1. The van der Waals surface area contributed by atoms with Gasteiger partial charge in [-0.25, -0.2) is 4.98 Å². The average molecular weight is 394 g/mol. The Morgan fingerprint density at radius 3 is 2.87 bits per heavy atom. The van der Waals surface area contributed by atoms with Crippen molar-refractivity contribution in [1.29, 1.82) is 0 Å². The molecule has 2 heterocycles. The summed E-state index contributed by atoms with van der Waals surface area (Å²) in [6.45, 7) is 2.55. The van der Waals surface area contributed by atoms with Crippen molar-refractivity contribution in [2.75, 3.05) is 19.4 Å². The van der Waals surface area contributed by atoms with E-state index in [4.69, 9.17) is 4.74 Å². The molecule has 1 atom stereocenters. The van der Waals surface area contributed by atoms with Gasteiger partial charge < -0.3 is 9.64 Å². The minimum atomic E-state index is -0.0839. The molecule has 0 aliphatic carbocycles. The molecule has 1 saturated heterocycles. The summed E-state index contributed by atoms with van der Waals surface area (Å²) in [5.74, 6) is 1.60. The second kappa shape index (κ2) is 6.88. The molecule has 3 rings (SSSR count). The summed E-state index contributed by atoms with van der Waals surface area (Å²) in [6.07, 6.45) is 3.16. The van der Waals surface area contributed by atoms with E-state index in [-0.39, 0.29) is 11.3 Å². The number of carbonyl (C=O) groups is 1. The second-order valence-electron chi connectivity index (χ2n) is 5.16. The van der Waals surface area contributed by atoms with E-state index in [9.17, 15) is 4.79 Å². The zero-order valence-electron chi connectivity index (χ0n) is 12.8. The highest BCUT2D eigenvalue weighted by Crippen LogP contribution is 2.40. The lowest BCUT2D eigenvalue weighted by molar-refractivity contribution is 0.0754. The molecule has 1 amide bonds. The molecule has 1 aromatic heterocycles. The van der Waals surface area contributed by atoms with Crippen molar-refractivity contribution in [2.24, 2.45) is 0 Å². The fourth-order valence-corrected chi connectivity index (χ4v) is 4.24. The first-order valence-corrected chi connectivity index (χ1v) is 8.99. The highest BCUT2D eigenvalue weighted by molar-refractivity contribution is 9.10. The van der Waals surface area contributed by atoms with E-state index in [2.05, 4.69) is 25.9 Å². The number of ether oxygens (including phenoxy) is 1. The first kappa shape index (κ1) is 16.3. The lowest BCUT2D eigenvalue weighted by Gasteiger charge is -2.24. The molecule has 7 heteroatoms. The predicted octanol–water partition coefficient (Wildman–Crippen LogP) is 3.44. The number of halogens is 1. The van der Waals surface area contributed by atoms with Crippen molar-refractivity contribution in [3.05, 3.63) is 52.0 Å². The average Bonchev–Trinajstić information content (AvgIpc) is 3.04. The topological polar surface area (TPSA) is 55.3 Å². The molecule has 0 bridgehead atoms. The van der Waals surface area contributed by atoms with E-state index in [1.54, 1.807) is 31.3 Å². The maximum atomic E-state index is 12.7. The van der Waals surface area contributed by atoms with Gasteiger partial charge in [0.2, 0.25) is 0 Å². The normalized spacial score (nSPS) is 17.3. The van der Waals surface area contributed by atoms with Crippen LogP contribution in [0.25, 0.3) is 0 Å². The number of benzene rings is 1. The Morgan fingerprint density at radius 1 is 1.39 bits per heavy atom. The maximum Gasteiger partial charge on any atom is 0.275 e. The van der Waals surface area contributed by atoms with Crippen LogP contribution in [0.1, 0.15) is 27.1 Å². The van der Waals surface area contributed by atoms with Crippen molar-refractivity contribution in [1.82, 2.24) is 14.9 Å². The number of rotatable bonds is 3. The van der Waals surface area contributed by atoms with Gasteiger partial charge in [-0.2, -0.15) is 0 Å². The van der Waals surface area contributed by atoms with Gasteiger partial charge in [0.05, 0.1) is 23.5 Å². The summed E-state index contributed by atoms with van der Waals surface area (Å²) in [4.78, 5) is 22.9. The van der Waals surface area contributed by atoms with Gasteiger partial charge in [0.25, 0.3) is 5.91 Å². The molecule has 1 aliphatic heterocycles. The van der Waals surface area contributed by atoms with E-state index in [0.717, 1.165) is 27.2 Å². The summed E-state index contributed by atoms with van der Waals surface area (Å²) in [7, 11) is 1.63. The smallest absolute Gasteiger partial charge is 0.275 e. The molecule has 1 unspecified atom stereocenters. The van der Waals surface area contributed by atoms with Gasteiger partial charge in [-0.3, -0.25) is 9.78 Å². The molecular formula is C16H16BrN3O2S. The van der Waals surface area contributed by atoms with Gasteiger partial charge in [-0.1, -0.05) is 6.07 Å². The van der Waals surface area contributed by atoms with Gasteiger partial charge in [0.15, 0.2) is 0 Å². The summed E-state index contributed by atoms with van der Waals surface area (Å²) >= 11 is 5.25. The zero-order chi connectivity index (χ0) is 16.4. The third-order valence-corrected chi connectivity index (χ3v) is 5.49. The van der Waals surface area contributed by atoms with Crippen LogP contribution < -0.4 is 4.74 Å². The molecule has 23 heavy (non-hydrogen) atoms. The van der Waals surface area contributed by atoms with Crippen LogP contribution in [-0.4, -0.2) is 40.2 Å². The third-order valence-electron chi connectivity index (χ3n) is 3.61. The number of thioether (sulfide) groups is 1. The minimum absolute atomic E-state index is 0.0205. The van der Waals surface area contributed by atoms with Gasteiger partial charge >= 0.3 is 0 Å². The molecular weight excluding hydrogens is 378 g/mol. The van der Waals surface area contributed by atoms with Gasteiger partial charge in [-0.05, 0) is 40.5 Å². The number of aromatic nitrogens is 2. The van der Waals surface area contributed by atoms with Crippen LogP contribution in [0.5, 0.6) is 5.75 Å². The Kier molecular flexibility index (Phi) is 4.87. The molecule has 1 fully saturated rings. The van der Waals surface area contributed by atoms with Crippen LogP contribution in [0.2, 0.25) is 0 Å². The molecule has 2 aromatic rings. The standard InChI is InChI=1S/C16H16BrN3O2S/c1-10-8-19-13(9-18-10)15(21)20-5-6-23-16(20)11-3-4-14(22-2)12(17)7-11/h3-4,7-9,16H,5-6H2,1-2H3.